The largest absolute Gasteiger partial charge is 0.492 e. The molecule has 0 unspecified atom stereocenters. The summed E-state index contributed by atoms with van der Waals surface area (Å²) in [4.78, 5) is 14.6. The Balaban J connectivity index is 1.68. The standard InChI is InChI=1S/C22H23N3O6S/c1-16-12-18(14-19(13-16)30-11-10-24-17-6-8-23-9-7-17)25-32(28,29)21-5-3-2-4-20(21)31-15-22(26)27/h2-9,12-14,25H,10-11,15H2,1H3,(H,23,24)(H,26,27). The highest BCUT2D eigenvalue weighted by atomic mass is 32.2. The third kappa shape index (κ3) is 6.61. The number of benzene rings is 2. The first-order valence-corrected chi connectivity index (χ1v) is 11.2. The lowest BCUT2D eigenvalue weighted by Gasteiger charge is -2.14. The molecule has 3 aromatic rings. The fourth-order valence-electron chi connectivity index (χ4n) is 2.87. The third-order valence-corrected chi connectivity index (χ3v) is 5.59. The van der Waals surface area contributed by atoms with Crippen molar-refractivity contribution in [1.29, 1.82) is 0 Å². The number of carboxylic acids is 1. The number of aryl methyl sites for hydroxylation is 1. The topological polar surface area (TPSA) is 127 Å². The zero-order valence-electron chi connectivity index (χ0n) is 17.3. The molecule has 0 aliphatic heterocycles. The Kier molecular flexibility index (Phi) is 7.50. The first kappa shape index (κ1) is 22.9. The van der Waals surface area contributed by atoms with E-state index in [1.54, 1.807) is 36.7 Å². The number of aliphatic carboxylic acids is 1. The summed E-state index contributed by atoms with van der Waals surface area (Å²) >= 11 is 0. The van der Waals surface area contributed by atoms with Crippen LogP contribution in [-0.2, 0) is 14.8 Å². The molecule has 10 heteroatoms. The van der Waals surface area contributed by atoms with Gasteiger partial charge in [0.25, 0.3) is 10.0 Å². The molecule has 168 valence electrons. The molecule has 3 N–H and O–H groups in total. The lowest BCUT2D eigenvalue weighted by atomic mass is 10.2. The zero-order chi connectivity index (χ0) is 23.0. The predicted molar refractivity (Wildman–Crippen MR) is 120 cm³/mol. The van der Waals surface area contributed by atoms with Gasteiger partial charge < -0.3 is 19.9 Å². The van der Waals surface area contributed by atoms with E-state index in [-0.39, 0.29) is 10.6 Å². The lowest BCUT2D eigenvalue weighted by molar-refractivity contribution is -0.139. The van der Waals surface area contributed by atoms with Gasteiger partial charge >= 0.3 is 5.97 Å². The fourth-order valence-corrected chi connectivity index (χ4v) is 4.05. The van der Waals surface area contributed by atoms with Crippen LogP contribution in [-0.4, -0.2) is 44.2 Å². The van der Waals surface area contributed by atoms with Gasteiger partial charge in [-0.05, 0) is 48.9 Å². The highest BCUT2D eigenvalue weighted by molar-refractivity contribution is 7.92. The van der Waals surface area contributed by atoms with E-state index >= 15 is 0 Å². The van der Waals surface area contributed by atoms with Gasteiger partial charge in [-0.15, -0.1) is 0 Å². The molecule has 0 bridgehead atoms. The van der Waals surface area contributed by atoms with Crippen molar-refractivity contribution in [3.63, 3.8) is 0 Å². The smallest absolute Gasteiger partial charge is 0.341 e. The van der Waals surface area contributed by atoms with Gasteiger partial charge in [-0.2, -0.15) is 0 Å². The highest BCUT2D eigenvalue weighted by Crippen LogP contribution is 2.28. The summed E-state index contributed by atoms with van der Waals surface area (Å²) in [6, 6.07) is 14.6. The van der Waals surface area contributed by atoms with Crippen molar-refractivity contribution in [2.75, 3.05) is 29.8 Å². The third-order valence-electron chi connectivity index (χ3n) is 4.17. The summed E-state index contributed by atoms with van der Waals surface area (Å²) in [5.74, 6) is -0.743. The molecule has 0 atom stereocenters. The Morgan fingerprint density at radius 2 is 1.78 bits per heavy atom. The number of hydrogen-bond acceptors (Lipinski definition) is 7. The SMILES string of the molecule is Cc1cc(NS(=O)(=O)c2ccccc2OCC(=O)O)cc(OCCNc2ccncc2)c1. The van der Waals surface area contributed by atoms with Crippen LogP contribution in [0.15, 0.2) is 71.9 Å². The van der Waals surface area contributed by atoms with Crippen molar-refractivity contribution in [3.8, 4) is 11.5 Å². The van der Waals surface area contributed by atoms with Gasteiger partial charge in [-0.25, -0.2) is 13.2 Å². The Bertz CT molecular complexity index is 1170. The second-order valence-electron chi connectivity index (χ2n) is 6.78. The molecule has 0 aliphatic rings. The molecule has 9 nitrogen and oxygen atoms in total. The van der Waals surface area contributed by atoms with E-state index in [1.807, 2.05) is 19.1 Å². The van der Waals surface area contributed by atoms with E-state index < -0.39 is 22.6 Å². The first-order chi connectivity index (χ1) is 15.3. The minimum absolute atomic E-state index is 0.0475. The average molecular weight is 458 g/mol. The van der Waals surface area contributed by atoms with Gasteiger partial charge in [-0.1, -0.05) is 12.1 Å². The Labute approximate surface area is 186 Å². The number of nitrogens with zero attached hydrogens (tertiary/aromatic N) is 1. The minimum Gasteiger partial charge on any atom is -0.492 e. The van der Waals surface area contributed by atoms with Gasteiger partial charge in [0.2, 0.25) is 0 Å². The van der Waals surface area contributed by atoms with Crippen LogP contribution < -0.4 is 19.5 Å². The molecular formula is C22H23N3O6S. The summed E-state index contributed by atoms with van der Waals surface area (Å²) in [6.07, 6.45) is 3.37. The molecule has 0 aliphatic carbocycles. The predicted octanol–water partition coefficient (Wildman–Crippen LogP) is 3.15. The number of sulfonamides is 1. The van der Waals surface area contributed by atoms with Crippen LogP contribution in [0, 0.1) is 6.92 Å². The van der Waals surface area contributed by atoms with E-state index in [9.17, 15) is 13.2 Å². The van der Waals surface area contributed by atoms with Crippen molar-refractivity contribution in [2.45, 2.75) is 11.8 Å². The number of carboxylic acid groups (broad SMARTS) is 1. The normalized spacial score (nSPS) is 10.9. The molecule has 32 heavy (non-hydrogen) atoms. The van der Waals surface area contributed by atoms with Crippen LogP contribution >= 0.6 is 0 Å². The summed E-state index contributed by atoms with van der Waals surface area (Å²) in [5, 5.41) is 12.0. The Morgan fingerprint density at radius 3 is 2.53 bits per heavy atom. The fraction of sp³-hybridized carbons (Fsp3) is 0.182. The number of pyridine rings is 1. The van der Waals surface area contributed by atoms with Crippen molar-refractivity contribution in [3.05, 3.63) is 72.6 Å². The second kappa shape index (κ2) is 10.5. The lowest BCUT2D eigenvalue weighted by Crippen LogP contribution is -2.17. The molecule has 0 spiro atoms. The molecule has 0 radical (unpaired) electrons. The number of ether oxygens (including phenoxy) is 2. The van der Waals surface area contributed by atoms with E-state index in [1.165, 1.54) is 18.2 Å². The summed E-state index contributed by atoms with van der Waals surface area (Å²) in [5.41, 5.74) is 2.04. The molecule has 0 saturated heterocycles. The van der Waals surface area contributed by atoms with Crippen LogP contribution in [0.1, 0.15) is 5.56 Å². The van der Waals surface area contributed by atoms with Crippen LogP contribution in [0.5, 0.6) is 11.5 Å². The quantitative estimate of drug-likeness (QED) is 0.375. The zero-order valence-corrected chi connectivity index (χ0v) is 18.1. The number of hydrogen-bond donors (Lipinski definition) is 3. The van der Waals surface area contributed by atoms with Crippen molar-refractivity contribution in [1.82, 2.24) is 4.98 Å². The van der Waals surface area contributed by atoms with Gasteiger partial charge in [0.1, 0.15) is 23.0 Å². The monoisotopic (exact) mass is 457 g/mol. The van der Waals surface area contributed by atoms with Crippen LogP contribution in [0.3, 0.4) is 0 Å². The Morgan fingerprint density at radius 1 is 1.03 bits per heavy atom. The van der Waals surface area contributed by atoms with Crippen LogP contribution in [0.4, 0.5) is 11.4 Å². The van der Waals surface area contributed by atoms with E-state index in [0.29, 0.717) is 24.6 Å². The van der Waals surface area contributed by atoms with Crippen molar-refractivity contribution < 1.29 is 27.8 Å². The number of nitrogens with one attached hydrogen (secondary N) is 2. The Hall–Kier alpha value is -3.79. The van der Waals surface area contributed by atoms with E-state index in [0.717, 1.165) is 11.3 Å². The molecule has 0 fully saturated rings. The van der Waals surface area contributed by atoms with Crippen LogP contribution in [0.2, 0.25) is 0 Å². The molecule has 0 saturated carbocycles. The summed E-state index contributed by atoms with van der Waals surface area (Å²) in [6.45, 7) is 2.09. The van der Waals surface area contributed by atoms with Gasteiger partial charge in [-0.3, -0.25) is 9.71 Å². The summed E-state index contributed by atoms with van der Waals surface area (Å²) in [7, 11) is -4.03. The molecule has 1 aromatic heterocycles. The number of aromatic nitrogens is 1. The number of para-hydroxylation sites is 1. The van der Waals surface area contributed by atoms with Crippen molar-refractivity contribution >= 4 is 27.4 Å². The molecule has 1 heterocycles. The maximum atomic E-state index is 12.9. The molecule has 3 rings (SSSR count). The van der Waals surface area contributed by atoms with E-state index in [4.69, 9.17) is 14.6 Å². The van der Waals surface area contributed by atoms with Gasteiger partial charge in [0, 0.05) is 30.7 Å². The number of carbonyl (C=O) groups is 1. The maximum Gasteiger partial charge on any atom is 0.341 e. The summed E-state index contributed by atoms with van der Waals surface area (Å²) < 4.78 is 39.2. The highest BCUT2D eigenvalue weighted by Gasteiger charge is 2.20. The number of rotatable bonds is 11. The molecular weight excluding hydrogens is 434 g/mol. The second-order valence-corrected chi connectivity index (χ2v) is 8.43. The molecule has 0 amide bonds. The maximum absolute atomic E-state index is 12.9. The van der Waals surface area contributed by atoms with Crippen LogP contribution in [0.25, 0.3) is 0 Å². The van der Waals surface area contributed by atoms with Crippen molar-refractivity contribution in [2.24, 2.45) is 0 Å². The first-order valence-electron chi connectivity index (χ1n) is 9.68. The average Bonchev–Trinajstić information content (AvgIpc) is 2.75. The van der Waals surface area contributed by atoms with Gasteiger partial charge in [0.15, 0.2) is 6.61 Å². The van der Waals surface area contributed by atoms with Gasteiger partial charge in [0.05, 0.1) is 5.69 Å². The molecule has 2 aromatic carbocycles. The van der Waals surface area contributed by atoms with E-state index in [2.05, 4.69) is 15.0 Å². The number of anilines is 2. The minimum atomic E-state index is -4.03.